The van der Waals surface area contributed by atoms with Gasteiger partial charge < -0.3 is 9.47 Å². The molecule has 0 unspecified atom stereocenters. The second kappa shape index (κ2) is 8.21. The molecule has 0 aromatic heterocycles. The van der Waals surface area contributed by atoms with Gasteiger partial charge in [-0.2, -0.15) is 0 Å². The molecule has 1 aromatic rings. The summed E-state index contributed by atoms with van der Waals surface area (Å²) in [4.78, 5) is 0. The molecule has 0 N–H and O–H groups in total. The lowest BCUT2D eigenvalue weighted by molar-refractivity contribution is -0.222. The maximum absolute atomic E-state index is 13.4. The van der Waals surface area contributed by atoms with Gasteiger partial charge in [0.15, 0.2) is 17.9 Å². The highest BCUT2D eigenvalue weighted by Gasteiger charge is 2.32. The second-order valence-electron chi connectivity index (χ2n) is 6.92. The third kappa shape index (κ3) is 4.22. The van der Waals surface area contributed by atoms with E-state index in [1.54, 1.807) is 6.07 Å². The molecule has 3 rings (SSSR count). The van der Waals surface area contributed by atoms with Crippen LogP contribution in [0.1, 0.15) is 50.5 Å². The molecular formula is C20H26F2O2. The normalized spacial score (nSPS) is 31.5. The molecule has 1 aliphatic heterocycles. The first-order valence-corrected chi connectivity index (χ1v) is 9.02. The van der Waals surface area contributed by atoms with Crippen molar-refractivity contribution in [1.82, 2.24) is 0 Å². The lowest BCUT2D eigenvalue weighted by Crippen LogP contribution is -2.37. The first-order valence-electron chi connectivity index (χ1n) is 9.02. The van der Waals surface area contributed by atoms with Gasteiger partial charge in [-0.3, -0.25) is 0 Å². The van der Waals surface area contributed by atoms with E-state index in [9.17, 15) is 8.78 Å². The Morgan fingerprint density at radius 3 is 2.38 bits per heavy atom. The molecule has 1 aromatic carbocycles. The number of rotatable bonds is 4. The predicted octanol–water partition coefficient (Wildman–Crippen LogP) is 5.19. The average molecular weight is 336 g/mol. The van der Waals surface area contributed by atoms with Crippen molar-refractivity contribution in [3.63, 3.8) is 0 Å². The van der Waals surface area contributed by atoms with Gasteiger partial charge in [-0.25, -0.2) is 8.78 Å². The molecule has 4 heteroatoms. The highest BCUT2D eigenvalue weighted by molar-refractivity contribution is 5.22. The summed E-state index contributed by atoms with van der Waals surface area (Å²) < 4.78 is 38.3. The number of allylic oxidation sites excluding steroid dienone is 1. The van der Waals surface area contributed by atoms with Crippen molar-refractivity contribution in [2.45, 2.75) is 51.2 Å². The van der Waals surface area contributed by atoms with Crippen LogP contribution in [0.4, 0.5) is 8.78 Å². The van der Waals surface area contributed by atoms with Crippen LogP contribution in [0.2, 0.25) is 0 Å². The van der Waals surface area contributed by atoms with Crippen molar-refractivity contribution in [2.75, 3.05) is 13.2 Å². The summed E-state index contributed by atoms with van der Waals surface area (Å²) in [6, 6.07) is 4.29. The fourth-order valence-electron chi connectivity index (χ4n) is 3.74. The van der Waals surface area contributed by atoms with Crippen molar-refractivity contribution in [3.05, 3.63) is 47.5 Å². The summed E-state index contributed by atoms with van der Waals surface area (Å²) in [7, 11) is 0. The minimum atomic E-state index is -0.775. The van der Waals surface area contributed by atoms with Crippen LogP contribution in [0.3, 0.4) is 0 Å². The van der Waals surface area contributed by atoms with E-state index < -0.39 is 11.6 Å². The van der Waals surface area contributed by atoms with E-state index in [2.05, 4.69) is 19.1 Å². The van der Waals surface area contributed by atoms with Crippen molar-refractivity contribution >= 4 is 0 Å². The third-order valence-electron chi connectivity index (χ3n) is 5.16. The number of halogens is 2. The smallest absolute Gasteiger partial charge is 0.160 e. The zero-order chi connectivity index (χ0) is 16.9. The Hall–Kier alpha value is -1.26. The van der Waals surface area contributed by atoms with Crippen molar-refractivity contribution in [2.24, 2.45) is 11.8 Å². The van der Waals surface area contributed by atoms with E-state index in [1.807, 2.05) is 0 Å². The largest absolute Gasteiger partial charge is 0.352 e. The van der Waals surface area contributed by atoms with Gasteiger partial charge in [0.25, 0.3) is 0 Å². The van der Waals surface area contributed by atoms with Crippen LogP contribution >= 0.6 is 0 Å². The van der Waals surface area contributed by atoms with Gasteiger partial charge in [-0.15, -0.1) is 0 Å². The van der Waals surface area contributed by atoms with E-state index in [1.165, 1.54) is 12.1 Å². The standard InChI is InChI=1S/C20H26F2O2/c1-2-3-4-14-12-23-20(24-13-14)16-7-5-15(6-8-16)17-9-10-18(21)19(22)11-17/h3-4,9-11,14-16,20H,2,5-8,12-13H2,1H3/b4-3+/t14-,15?,16?,20-. The summed E-state index contributed by atoms with van der Waals surface area (Å²) in [5.74, 6) is -0.453. The summed E-state index contributed by atoms with van der Waals surface area (Å²) >= 11 is 0. The Morgan fingerprint density at radius 2 is 1.75 bits per heavy atom. The molecule has 2 aliphatic rings. The monoisotopic (exact) mass is 336 g/mol. The zero-order valence-corrected chi connectivity index (χ0v) is 14.2. The van der Waals surface area contributed by atoms with Crippen molar-refractivity contribution < 1.29 is 18.3 Å². The number of hydrogen-bond acceptors (Lipinski definition) is 2. The van der Waals surface area contributed by atoms with Gasteiger partial charge in [-0.05, 0) is 55.7 Å². The minimum absolute atomic E-state index is 0.109. The molecule has 0 bridgehead atoms. The summed E-state index contributed by atoms with van der Waals surface area (Å²) in [5.41, 5.74) is 0.905. The van der Waals surface area contributed by atoms with Crippen molar-refractivity contribution in [1.29, 1.82) is 0 Å². The summed E-state index contributed by atoms with van der Waals surface area (Å²) in [6.07, 6.45) is 9.21. The van der Waals surface area contributed by atoms with Gasteiger partial charge in [-0.1, -0.05) is 25.1 Å². The molecule has 1 aliphatic carbocycles. The molecule has 1 saturated carbocycles. The highest BCUT2D eigenvalue weighted by Crippen LogP contribution is 2.39. The fourth-order valence-corrected chi connectivity index (χ4v) is 3.74. The lowest BCUT2D eigenvalue weighted by atomic mass is 9.78. The van der Waals surface area contributed by atoms with E-state index in [4.69, 9.17) is 9.47 Å². The van der Waals surface area contributed by atoms with E-state index in [0.717, 1.165) is 50.9 Å². The highest BCUT2D eigenvalue weighted by atomic mass is 19.2. The number of benzene rings is 1. The Morgan fingerprint density at radius 1 is 1.04 bits per heavy atom. The zero-order valence-electron chi connectivity index (χ0n) is 14.2. The topological polar surface area (TPSA) is 18.5 Å². The Balaban J connectivity index is 1.49. The number of hydrogen-bond donors (Lipinski definition) is 0. The molecule has 1 saturated heterocycles. The van der Waals surface area contributed by atoms with E-state index in [-0.39, 0.29) is 6.29 Å². The van der Waals surface area contributed by atoms with Crippen LogP contribution in [0.15, 0.2) is 30.4 Å². The maximum Gasteiger partial charge on any atom is 0.160 e. The van der Waals surface area contributed by atoms with Gasteiger partial charge in [0, 0.05) is 11.8 Å². The molecule has 2 fully saturated rings. The van der Waals surface area contributed by atoms with Crippen LogP contribution in [-0.4, -0.2) is 19.5 Å². The van der Waals surface area contributed by atoms with Crippen LogP contribution in [0.25, 0.3) is 0 Å². The summed E-state index contributed by atoms with van der Waals surface area (Å²) in [6.45, 7) is 3.57. The van der Waals surface area contributed by atoms with Crippen LogP contribution in [0, 0.1) is 23.5 Å². The van der Waals surface area contributed by atoms with Gasteiger partial charge in [0.2, 0.25) is 0 Å². The Bertz CT molecular complexity index is 557. The molecule has 0 spiro atoms. The quantitative estimate of drug-likeness (QED) is 0.704. The molecule has 1 heterocycles. The summed E-state index contributed by atoms with van der Waals surface area (Å²) in [5, 5.41) is 0. The number of ether oxygens (including phenoxy) is 2. The van der Waals surface area contributed by atoms with Gasteiger partial charge in [0.05, 0.1) is 13.2 Å². The molecule has 2 nitrogen and oxygen atoms in total. The average Bonchev–Trinajstić information content (AvgIpc) is 2.63. The van der Waals surface area contributed by atoms with E-state index in [0.29, 0.717) is 17.8 Å². The lowest BCUT2D eigenvalue weighted by Gasteiger charge is -2.37. The molecular weight excluding hydrogens is 310 g/mol. The molecule has 132 valence electrons. The fraction of sp³-hybridized carbons (Fsp3) is 0.600. The molecule has 0 radical (unpaired) electrons. The third-order valence-corrected chi connectivity index (χ3v) is 5.16. The first-order chi connectivity index (χ1) is 11.7. The first kappa shape index (κ1) is 17.6. The SMILES string of the molecule is CC/C=C/[C@H]1CO[C@H](C2CCC(c3ccc(F)c(F)c3)CC2)OC1. The van der Waals surface area contributed by atoms with Crippen LogP contribution in [0.5, 0.6) is 0 Å². The van der Waals surface area contributed by atoms with Crippen molar-refractivity contribution in [3.8, 4) is 0 Å². The molecule has 24 heavy (non-hydrogen) atoms. The van der Waals surface area contributed by atoms with Gasteiger partial charge >= 0.3 is 0 Å². The van der Waals surface area contributed by atoms with E-state index >= 15 is 0 Å². The molecule has 0 amide bonds. The van der Waals surface area contributed by atoms with Crippen LogP contribution < -0.4 is 0 Å². The Labute approximate surface area is 142 Å². The minimum Gasteiger partial charge on any atom is -0.352 e. The maximum atomic E-state index is 13.4. The second-order valence-corrected chi connectivity index (χ2v) is 6.92. The predicted molar refractivity (Wildman–Crippen MR) is 89.7 cm³/mol. The van der Waals surface area contributed by atoms with Crippen LogP contribution in [-0.2, 0) is 9.47 Å². The Kier molecular flexibility index (Phi) is 6.01. The van der Waals surface area contributed by atoms with Gasteiger partial charge in [0.1, 0.15) is 0 Å². The molecule has 0 atom stereocenters.